The van der Waals surface area contributed by atoms with Crippen molar-refractivity contribution in [1.29, 1.82) is 0 Å². The van der Waals surface area contributed by atoms with E-state index in [4.69, 9.17) is 28.4 Å². The molecule has 0 saturated heterocycles. The van der Waals surface area contributed by atoms with Crippen molar-refractivity contribution < 1.29 is 28.4 Å². The van der Waals surface area contributed by atoms with Crippen molar-refractivity contribution in [1.82, 2.24) is 0 Å². The molecule has 0 atom stereocenters. The number of hydrogen-bond acceptors (Lipinski definition) is 7. The Labute approximate surface area is 169 Å². The van der Waals surface area contributed by atoms with Crippen LogP contribution in [0.1, 0.15) is 11.1 Å². The van der Waals surface area contributed by atoms with E-state index >= 15 is 0 Å². The van der Waals surface area contributed by atoms with Gasteiger partial charge in [0.15, 0.2) is 0 Å². The van der Waals surface area contributed by atoms with Gasteiger partial charge in [-0.15, -0.1) is 0 Å². The number of hydrogen-bond donors (Lipinski definition) is 0. The van der Waals surface area contributed by atoms with Crippen molar-refractivity contribution in [3.8, 4) is 5.75 Å². The maximum Gasteiger partial charge on any atom is 0.122 e. The summed E-state index contributed by atoms with van der Waals surface area (Å²) in [5.41, 5.74) is 3.53. The summed E-state index contributed by atoms with van der Waals surface area (Å²) in [5.74, 6) is 0.909. The average Bonchev–Trinajstić information content (AvgIpc) is 2.66. The largest absolute Gasteiger partial charge is 0.491 e. The Bertz CT molecular complexity index is 524. The summed E-state index contributed by atoms with van der Waals surface area (Å²) < 4.78 is 32.4. The van der Waals surface area contributed by atoms with E-state index in [9.17, 15) is 0 Å². The molecule has 0 heterocycles. The first-order chi connectivity index (χ1) is 13.6. The second kappa shape index (κ2) is 15.5. The Morgan fingerprint density at radius 2 is 1.11 bits per heavy atom. The van der Waals surface area contributed by atoms with Crippen LogP contribution in [0.15, 0.2) is 12.1 Å². The molecule has 1 aromatic rings. The fourth-order valence-electron chi connectivity index (χ4n) is 2.53. The molecule has 7 heteroatoms. The molecule has 162 valence electrons. The summed E-state index contributed by atoms with van der Waals surface area (Å²) in [4.78, 5) is 2.11. The molecule has 0 fully saturated rings. The predicted octanol–water partition coefficient (Wildman–Crippen LogP) is 2.46. The Balaban J connectivity index is 1.96. The van der Waals surface area contributed by atoms with Gasteiger partial charge in [0, 0.05) is 26.9 Å². The van der Waals surface area contributed by atoms with Crippen molar-refractivity contribution >= 4 is 5.69 Å². The quantitative estimate of drug-likeness (QED) is 0.373. The summed E-state index contributed by atoms with van der Waals surface area (Å²) in [5, 5.41) is 0. The van der Waals surface area contributed by atoms with Crippen LogP contribution in [0.25, 0.3) is 0 Å². The first-order valence-electron chi connectivity index (χ1n) is 9.77. The van der Waals surface area contributed by atoms with Crippen molar-refractivity contribution in [2.24, 2.45) is 0 Å². The lowest BCUT2D eigenvalue weighted by atomic mass is 10.1. The standard InChI is InChI=1S/C21H37NO6/c1-18-17-21(19(2)16-20(18)22(3)4)28-15-14-27-13-12-26-11-10-25-9-8-24-7-6-23-5/h16-17H,6-15H2,1-5H3. The number of nitrogens with zero attached hydrogens (tertiary/aromatic N) is 1. The molecule has 28 heavy (non-hydrogen) atoms. The zero-order chi connectivity index (χ0) is 20.6. The van der Waals surface area contributed by atoms with Crippen molar-refractivity contribution in [2.45, 2.75) is 13.8 Å². The first kappa shape index (κ1) is 24.7. The molecular formula is C21H37NO6. The number of anilines is 1. The van der Waals surface area contributed by atoms with Crippen molar-refractivity contribution in [2.75, 3.05) is 92.2 Å². The molecule has 0 amide bonds. The second-order valence-corrected chi connectivity index (χ2v) is 6.59. The predicted molar refractivity (Wildman–Crippen MR) is 111 cm³/mol. The molecular weight excluding hydrogens is 362 g/mol. The van der Waals surface area contributed by atoms with Crippen LogP contribution in [0.2, 0.25) is 0 Å². The van der Waals surface area contributed by atoms with E-state index in [-0.39, 0.29) is 0 Å². The van der Waals surface area contributed by atoms with Gasteiger partial charge in [0.1, 0.15) is 12.4 Å². The van der Waals surface area contributed by atoms with Gasteiger partial charge < -0.3 is 33.3 Å². The smallest absolute Gasteiger partial charge is 0.122 e. The zero-order valence-electron chi connectivity index (χ0n) is 18.1. The number of methoxy groups -OCH3 is 1. The minimum atomic E-state index is 0.522. The van der Waals surface area contributed by atoms with Crippen LogP contribution in [-0.4, -0.2) is 87.3 Å². The summed E-state index contributed by atoms with van der Waals surface area (Å²) in [6.07, 6.45) is 0. The molecule has 0 unspecified atom stereocenters. The lowest BCUT2D eigenvalue weighted by Crippen LogP contribution is -2.14. The van der Waals surface area contributed by atoms with Gasteiger partial charge in [-0.3, -0.25) is 0 Å². The van der Waals surface area contributed by atoms with Crippen LogP contribution >= 0.6 is 0 Å². The van der Waals surface area contributed by atoms with E-state index < -0.39 is 0 Å². The molecule has 0 aromatic heterocycles. The zero-order valence-corrected chi connectivity index (χ0v) is 18.1. The normalized spacial score (nSPS) is 11.0. The van der Waals surface area contributed by atoms with Crippen LogP contribution in [0, 0.1) is 13.8 Å². The van der Waals surface area contributed by atoms with E-state index in [1.165, 1.54) is 11.3 Å². The van der Waals surface area contributed by atoms with Gasteiger partial charge in [0.05, 0.1) is 59.5 Å². The summed E-state index contributed by atoms with van der Waals surface area (Å²) in [7, 11) is 5.74. The Morgan fingerprint density at radius 3 is 1.57 bits per heavy atom. The third kappa shape index (κ3) is 10.8. The van der Waals surface area contributed by atoms with Crippen LogP contribution in [0.3, 0.4) is 0 Å². The second-order valence-electron chi connectivity index (χ2n) is 6.59. The number of benzene rings is 1. The van der Waals surface area contributed by atoms with Crippen molar-refractivity contribution in [3.05, 3.63) is 23.3 Å². The van der Waals surface area contributed by atoms with Crippen LogP contribution in [-0.2, 0) is 23.7 Å². The van der Waals surface area contributed by atoms with Gasteiger partial charge in [0.2, 0.25) is 0 Å². The molecule has 0 saturated carbocycles. The molecule has 0 aliphatic rings. The molecule has 0 aliphatic carbocycles. The van der Waals surface area contributed by atoms with Crippen LogP contribution in [0.4, 0.5) is 5.69 Å². The Hall–Kier alpha value is -1.38. The minimum absolute atomic E-state index is 0.522. The highest BCUT2D eigenvalue weighted by Crippen LogP contribution is 2.27. The van der Waals surface area contributed by atoms with Gasteiger partial charge in [-0.1, -0.05) is 0 Å². The van der Waals surface area contributed by atoms with Gasteiger partial charge in [-0.2, -0.15) is 0 Å². The van der Waals surface area contributed by atoms with E-state index in [0.717, 1.165) is 11.3 Å². The summed E-state index contributed by atoms with van der Waals surface area (Å²) in [6, 6.07) is 4.23. The average molecular weight is 400 g/mol. The van der Waals surface area contributed by atoms with E-state index in [1.807, 2.05) is 14.1 Å². The molecule has 1 aromatic carbocycles. The maximum absolute atomic E-state index is 5.84. The minimum Gasteiger partial charge on any atom is -0.491 e. The van der Waals surface area contributed by atoms with Gasteiger partial charge in [0.25, 0.3) is 0 Å². The molecule has 0 spiro atoms. The Kier molecular flexibility index (Phi) is 13.7. The number of rotatable bonds is 17. The van der Waals surface area contributed by atoms with E-state index in [1.54, 1.807) is 7.11 Å². The Morgan fingerprint density at radius 1 is 0.643 bits per heavy atom. The monoisotopic (exact) mass is 399 g/mol. The fourth-order valence-corrected chi connectivity index (χ4v) is 2.53. The molecule has 0 radical (unpaired) electrons. The maximum atomic E-state index is 5.84. The van der Waals surface area contributed by atoms with Crippen molar-refractivity contribution in [3.63, 3.8) is 0 Å². The highest BCUT2D eigenvalue weighted by molar-refractivity contribution is 5.57. The lowest BCUT2D eigenvalue weighted by molar-refractivity contribution is -0.00979. The first-order valence-corrected chi connectivity index (χ1v) is 9.77. The van der Waals surface area contributed by atoms with E-state index in [2.05, 4.69) is 30.9 Å². The number of ether oxygens (including phenoxy) is 6. The highest BCUT2D eigenvalue weighted by Gasteiger charge is 2.07. The fraction of sp³-hybridized carbons (Fsp3) is 0.714. The van der Waals surface area contributed by atoms with Crippen LogP contribution < -0.4 is 9.64 Å². The van der Waals surface area contributed by atoms with E-state index in [0.29, 0.717) is 66.1 Å². The topological polar surface area (TPSA) is 58.6 Å². The summed E-state index contributed by atoms with van der Waals surface area (Å²) in [6.45, 7) is 9.74. The van der Waals surface area contributed by atoms with Gasteiger partial charge in [-0.05, 0) is 37.1 Å². The van der Waals surface area contributed by atoms with Crippen LogP contribution in [0.5, 0.6) is 5.75 Å². The molecule has 1 rings (SSSR count). The molecule has 0 N–H and O–H groups in total. The highest BCUT2D eigenvalue weighted by atomic mass is 16.6. The molecule has 7 nitrogen and oxygen atoms in total. The third-order valence-electron chi connectivity index (χ3n) is 4.01. The van der Waals surface area contributed by atoms with Gasteiger partial charge in [-0.25, -0.2) is 0 Å². The lowest BCUT2D eigenvalue weighted by Gasteiger charge is -2.18. The summed E-state index contributed by atoms with van der Waals surface area (Å²) >= 11 is 0. The third-order valence-corrected chi connectivity index (χ3v) is 4.01. The number of aryl methyl sites for hydroxylation is 2. The molecule has 0 aliphatic heterocycles. The molecule has 0 bridgehead atoms. The van der Waals surface area contributed by atoms with Gasteiger partial charge >= 0.3 is 0 Å². The SMILES string of the molecule is COCCOCCOCCOCCOCCOc1cc(C)c(N(C)C)cc1C.